The maximum absolute atomic E-state index is 13.9. The largest absolute Gasteiger partial charge is 0.384 e. The highest BCUT2D eigenvalue weighted by molar-refractivity contribution is 6.35. The fourth-order valence-corrected chi connectivity index (χ4v) is 7.13. The van der Waals surface area contributed by atoms with E-state index in [-0.39, 0.29) is 48.1 Å². The second-order valence-corrected chi connectivity index (χ2v) is 13.6. The van der Waals surface area contributed by atoms with Crippen LogP contribution in [0.3, 0.4) is 0 Å². The van der Waals surface area contributed by atoms with Crippen LogP contribution in [0, 0.1) is 19.7 Å². The fraction of sp³-hybridized carbons (Fsp3) is 0.359. The van der Waals surface area contributed by atoms with Gasteiger partial charge in [0.2, 0.25) is 17.7 Å². The molecule has 4 heterocycles. The molecule has 7 amide bonds. The number of anilines is 2. The number of nitrogens with zero attached hydrogens (tertiary/aromatic N) is 2. The summed E-state index contributed by atoms with van der Waals surface area (Å²) >= 11 is 0. The van der Waals surface area contributed by atoms with Crippen LogP contribution in [-0.4, -0.2) is 101 Å². The summed E-state index contributed by atoms with van der Waals surface area (Å²) in [4.78, 5) is 94.8. The number of aromatic nitrogens is 1. The summed E-state index contributed by atoms with van der Waals surface area (Å²) in [6.45, 7) is 8.49. The number of amides is 7. The summed E-state index contributed by atoms with van der Waals surface area (Å²) in [5, 5.41) is 13.9. The monoisotopic (exact) mass is 754 g/mol. The molecule has 1 aromatic heterocycles. The zero-order valence-electron chi connectivity index (χ0n) is 30.8. The van der Waals surface area contributed by atoms with Crippen LogP contribution in [0.4, 0.5) is 15.8 Å². The Morgan fingerprint density at radius 3 is 2.47 bits per heavy atom. The van der Waals surface area contributed by atoms with Gasteiger partial charge < -0.3 is 31.2 Å². The van der Waals surface area contributed by atoms with Crippen LogP contribution in [0.15, 0.2) is 36.4 Å². The molecule has 6 rings (SSSR count). The highest BCUT2D eigenvalue weighted by Crippen LogP contribution is 2.35. The van der Waals surface area contributed by atoms with E-state index < -0.39 is 35.5 Å². The lowest BCUT2D eigenvalue weighted by Gasteiger charge is -2.27. The Bertz CT molecular complexity index is 2130. The molecule has 1 unspecified atom stereocenters. The molecular formula is C39H43FN8O7. The third-order valence-electron chi connectivity index (χ3n) is 10.0. The molecule has 15 nitrogen and oxygen atoms in total. The van der Waals surface area contributed by atoms with Crippen molar-refractivity contribution in [3.05, 3.63) is 81.4 Å². The van der Waals surface area contributed by atoms with Gasteiger partial charge in [0, 0.05) is 73.9 Å². The molecule has 0 aliphatic carbocycles. The highest BCUT2D eigenvalue weighted by Gasteiger charge is 2.45. The van der Waals surface area contributed by atoms with E-state index in [0.29, 0.717) is 90.7 Å². The molecule has 16 heteroatoms. The second-order valence-electron chi connectivity index (χ2n) is 13.6. The van der Waals surface area contributed by atoms with E-state index in [0.717, 1.165) is 4.90 Å². The summed E-state index contributed by atoms with van der Waals surface area (Å²) in [6.07, 6.45) is 2.41. The molecule has 0 radical (unpaired) electrons. The standard InChI is InChI=1S/C39H43FN8O7/c1-4-47(18-16-43-37(53)33-21(2)29(44-22(33)3)20-26-25-19-23(40)10-11-27(25)45-35(26)51)17-15-42-31(49)9-6-14-41-28-8-5-7-24-34(28)39(55)48(38(24)54)30-12-13-32(50)46-36(30)52/h5,7-8,10-11,19-20,30,41,44H,4,6,9,12-18H2,1-3H3,(H,42,49)(H,43,53)(H,45,51)(H,46,50,52)/b26-20-. The number of benzene rings is 2. The van der Waals surface area contributed by atoms with Crippen LogP contribution >= 0.6 is 0 Å². The van der Waals surface area contributed by atoms with Gasteiger partial charge in [-0.1, -0.05) is 13.0 Å². The van der Waals surface area contributed by atoms with Crippen LogP contribution in [0.5, 0.6) is 0 Å². The molecule has 1 saturated heterocycles. The average Bonchev–Trinajstić information content (AvgIpc) is 3.71. The smallest absolute Gasteiger partial charge is 0.264 e. The van der Waals surface area contributed by atoms with Crippen molar-refractivity contribution in [1.82, 2.24) is 30.7 Å². The minimum absolute atomic E-state index is 0.0354. The van der Waals surface area contributed by atoms with E-state index in [1.54, 1.807) is 32.1 Å². The predicted octanol–water partition coefficient (Wildman–Crippen LogP) is 2.72. The van der Waals surface area contributed by atoms with E-state index in [1.807, 2.05) is 6.92 Å². The Balaban J connectivity index is 0.920. The van der Waals surface area contributed by atoms with Gasteiger partial charge in [0.15, 0.2) is 0 Å². The van der Waals surface area contributed by atoms with Crippen LogP contribution < -0.4 is 26.6 Å². The zero-order chi connectivity index (χ0) is 39.4. The van der Waals surface area contributed by atoms with Crippen molar-refractivity contribution < 1.29 is 38.0 Å². The van der Waals surface area contributed by atoms with E-state index in [1.165, 1.54) is 24.3 Å². The number of hydrogen-bond acceptors (Lipinski definition) is 9. The number of H-pyrrole nitrogens is 1. The minimum atomic E-state index is -1.05. The number of rotatable bonds is 15. The van der Waals surface area contributed by atoms with Crippen molar-refractivity contribution >= 4 is 64.4 Å². The second kappa shape index (κ2) is 16.5. The van der Waals surface area contributed by atoms with E-state index in [9.17, 15) is 38.0 Å². The van der Waals surface area contributed by atoms with Crippen LogP contribution in [0.25, 0.3) is 11.6 Å². The molecule has 0 bridgehead atoms. The molecule has 0 saturated carbocycles. The number of nitrogens with one attached hydrogen (secondary N) is 6. The molecule has 1 fully saturated rings. The van der Waals surface area contributed by atoms with Crippen molar-refractivity contribution in [2.45, 2.75) is 52.5 Å². The van der Waals surface area contributed by atoms with Crippen LogP contribution in [0.2, 0.25) is 0 Å². The number of imide groups is 2. The van der Waals surface area contributed by atoms with Gasteiger partial charge in [-0.05, 0) is 75.2 Å². The Morgan fingerprint density at radius 2 is 1.73 bits per heavy atom. The van der Waals surface area contributed by atoms with Gasteiger partial charge in [-0.2, -0.15) is 0 Å². The number of carbonyl (C=O) groups excluding carboxylic acids is 7. The number of aryl methyl sites for hydroxylation is 1. The third-order valence-corrected chi connectivity index (χ3v) is 10.0. The first-order valence-corrected chi connectivity index (χ1v) is 18.3. The van der Waals surface area contributed by atoms with Crippen molar-refractivity contribution in [1.29, 1.82) is 0 Å². The highest BCUT2D eigenvalue weighted by atomic mass is 19.1. The van der Waals surface area contributed by atoms with Gasteiger partial charge in [-0.15, -0.1) is 0 Å². The summed E-state index contributed by atoms with van der Waals surface area (Å²) in [5.74, 6) is -3.51. The quantitative estimate of drug-likeness (QED) is 0.0767. The predicted molar refractivity (Wildman–Crippen MR) is 201 cm³/mol. The van der Waals surface area contributed by atoms with E-state index in [2.05, 4.69) is 36.5 Å². The molecule has 2 aromatic carbocycles. The molecule has 0 spiro atoms. The maximum Gasteiger partial charge on any atom is 0.264 e. The number of likely N-dealkylation sites (N-methyl/N-ethyl adjacent to an activating group) is 1. The van der Waals surface area contributed by atoms with Crippen molar-refractivity contribution in [2.24, 2.45) is 0 Å². The van der Waals surface area contributed by atoms with Gasteiger partial charge in [-0.3, -0.25) is 43.8 Å². The van der Waals surface area contributed by atoms with Gasteiger partial charge in [0.05, 0.1) is 22.3 Å². The number of fused-ring (bicyclic) bond motifs is 2. The van der Waals surface area contributed by atoms with Crippen molar-refractivity contribution in [2.75, 3.05) is 49.9 Å². The number of piperidine rings is 1. The molecule has 288 valence electrons. The first kappa shape index (κ1) is 38.6. The lowest BCUT2D eigenvalue weighted by atomic mass is 10.0. The fourth-order valence-electron chi connectivity index (χ4n) is 7.13. The minimum Gasteiger partial charge on any atom is -0.384 e. The normalized spacial score (nSPS) is 17.0. The van der Waals surface area contributed by atoms with Gasteiger partial charge in [-0.25, -0.2) is 4.39 Å². The first-order valence-electron chi connectivity index (χ1n) is 18.3. The lowest BCUT2D eigenvalue weighted by molar-refractivity contribution is -0.136. The average molecular weight is 755 g/mol. The first-order chi connectivity index (χ1) is 26.4. The Morgan fingerprint density at radius 1 is 0.964 bits per heavy atom. The lowest BCUT2D eigenvalue weighted by Crippen LogP contribution is -2.54. The van der Waals surface area contributed by atoms with E-state index >= 15 is 0 Å². The topological polar surface area (TPSA) is 202 Å². The van der Waals surface area contributed by atoms with Crippen molar-refractivity contribution in [3.8, 4) is 0 Å². The molecule has 3 aliphatic rings. The maximum atomic E-state index is 13.9. The van der Waals surface area contributed by atoms with Crippen LogP contribution in [-0.2, 0) is 19.2 Å². The van der Waals surface area contributed by atoms with Crippen molar-refractivity contribution in [3.63, 3.8) is 0 Å². The molecule has 6 N–H and O–H groups in total. The summed E-state index contributed by atoms with van der Waals surface area (Å²) in [6, 6.07) is 7.87. The molecular weight excluding hydrogens is 711 g/mol. The summed E-state index contributed by atoms with van der Waals surface area (Å²) in [5.41, 5.74) is 4.42. The van der Waals surface area contributed by atoms with Gasteiger partial charge in [0.25, 0.3) is 23.6 Å². The molecule has 3 aromatic rings. The molecule has 1 atom stereocenters. The number of carbonyl (C=O) groups is 7. The summed E-state index contributed by atoms with van der Waals surface area (Å²) < 4.78 is 13.9. The Kier molecular flexibility index (Phi) is 11.5. The molecule has 55 heavy (non-hydrogen) atoms. The van der Waals surface area contributed by atoms with Gasteiger partial charge >= 0.3 is 0 Å². The SMILES string of the molecule is CCN(CCNC(=O)CCCNc1cccc2c1C(=O)N(C1CCC(=O)NC1=O)C2=O)CCNC(=O)c1c(C)[nH]c(/C=C2\C(=O)Nc3ccc(F)cc32)c1C. The number of hydrogen-bond donors (Lipinski definition) is 6. The van der Waals surface area contributed by atoms with Crippen LogP contribution in [0.1, 0.15) is 86.2 Å². The zero-order valence-corrected chi connectivity index (χ0v) is 30.8. The third kappa shape index (κ3) is 8.18. The molecule has 3 aliphatic heterocycles. The number of aromatic amines is 1. The Labute approximate surface area is 316 Å². The van der Waals surface area contributed by atoms with Gasteiger partial charge in [0.1, 0.15) is 11.9 Å². The van der Waals surface area contributed by atoms with E-state index in [4.69, 9.17) is 0 Å². The summed E-state index contributed by atoms with van der Waals surface area (Å²) in [7, 11) is 0. The Hall–Kier alpha value is -6.16. The number of halogens is 1.